The fourth-order valence-electron chi connectivity index (χ4n) is 3.63. The minimum absolute atomic E-state index is 0.403. The monoisotopic (exact) mass is 303 g/mol. The Bertz CT molecular complexity index is 691. The summed E-state index contributed by atoms with van der Waals surface area (Å²) in [5, 5.41) is 4.03. The summed E-state index contributed by atoms with van der Waals surface area (Å²) < 4.78 is 13.3. The molecule has 1 N–H and O–H groups in total. The summed E-state index contributed by atoms with van der Waals surface area (Å²) in [5.41, 5.74) is 2.68. The first-order chi connectivity index (χ1) is 10.2. The van der Waals surface area contributed by atoms with Gasteiger partial charge in [0.25, 0.3) is 0 Å². The highest BCUT2D eigenvalue weighted by atomic mass is 35.5. The Balaban J connectivity index is 1.73. The van der Waals surface area contributed by atoms with Crippen LogP contribution < -0.4 is 5.32 Å². The third-order valence-corrected chi connectivity index (χ3v) is 4.93. The molecular weight excluding hydrogens is 289 g/mol. The molecule has 21 heavy (non-hydrogen) atoms. The molecule has 0 unspecified atom stereocenters. The van der Waals surface area contributed by atoms with Crippen molar-refractivity contribution in [2.45, 2.75) is 37.3 Å². The number of halogens is 2. The topological polar surface area (TPSA) is 37.8 Å². The van der Waals surface area contributed by atoms with Crippen LogP contribution in [0.3, 0.4) is 0 Å². The molecule has 5 heteroatoms. The molecule has 108 valence electrons. The Kier molecular flexibility index (Phi) is 3.16. The van der Waals surface area contributed by atoms with Crippen molar-refractivity contribution < 1.29 is 4.39 Å². The van der Waals surface area contributed by atoms with Gasteiger partial charge in [-0.1, -0.05) is 11.6 Å². The number of pyridine rings is 2. The van der Waals surface area contributed by atoms with Crippen LogP contribution in [0.2, 0.25) is 5.15 Å². The number of hydrogen-bond acceptors (Lipinski definition) is 3. The molecule has 0 radical (unpaired) electrons. The first kappa shape index (κ1) is 13.2. The number of nitrogens with one attached hydrogen (secondary N) is 1. The van der Waals surface area contributed by atoms with Crippen LogP contribution in [0, 0.1) is 5.95 Å². The average Bonchev–Trinajstić information content (AvgIpc) is 3.10. The predicted molar refractivity (Wildman–Crippen MR) is 79.7 cm³/mol. The van der Waals surface area contributed by atoms with Crippen LogP contribution in [0.4, 0.5) is 4.39 Å². The van der Waals surface area contributed by atoms with Crippen LogP contribution >= 0.6 is 11.6 Å². The van der Waals surface area contributed by atoms with Gasteiger partial charge in [-0.25, -0.2) is 9.97 Å². The zero-order chi connectivity index (χ0) is 14.4. The molecule has 0 aromatic carbocycles. The van der Waals surface area contributed by atoms with Crippen molar-refractivity contribution in [1.29, 1.82) is 0 Å². The Morgan fingerprint density at radius 3 is 2.86 bits per heavy atom. The molecule has 2 fully saturated rings. The molecule has 2 aromatic rings. The summed E-state index contributed by atoms with van der Waals surface area (Å²) >= 11 is 6.20. The molecule has 4 heterocycles. The quantitative estimate of drug-likeness (QED) is 0.862. The summed E-state index contributed by atoms with van der Waals surface area (Å²) in [4.78, 5) is 7.89. The molecule has 0 aliphatic carbocycles. The minimum Gasteiger partial charge on any atom is -0.311 e. The van der Waals surface area contributed by atoms with Crippen LogP contribution in [0.25, 0.3) is 11.1 Å². The summed E-state index contributed by atoms with van der Waals surface area (Å²) in [7, 11) is 0. The van der Waals surface area contributed by atoms with E-state index in [1.807, 2.05) is 6.20 Å². The van der Waals surface area contributed by atoms with Crippen LogP contribution in [-0.4, -0.2) is 22.1 Å². The SMILES string of the molecule is Fc1cc(-c2cc([C@@H]3C[C@H]4CC[C@@H]3N4)cnc2Cl)ccn1. The van der Waals surface area contributed by atoms with Crippen molar-refractivity contribution in [3.8, 4) is 11.1 Å². The Hall–Kier alpha value is -1.52. The first-order valence-corrected chi connectivity index (χ1v) is 7.62. The van der Waals surface area contributed by atoms with E-state index >= 15 is 0 Å². The Labute approximate surface area is 127 Å². The highest BCUT2D eigenvalue weighted by Crippen LogP contribution is 2.41. The van der Waals surface area contributed by atoms with E-state index in [2.05, 4.69) is 21.4 Å². The first-order valence-electron chi connectivity index (χ1n) is 7.24. The lowest BCUT2D eigenvalue weighted by Crippen LogP contribution is -2.21. The smallest absolute Gasteiger partial charge is 0.213 e. The van der Waals surface area contributed by atoms with E-state index in [0.717, 1.165) is 17.5 Å². The van der Waals surface area contributed by atoms with E-state index in [0.29, 0.717) is 23.2 Å². The number of hydrogen-bond donors (Lipinski definition) is 1. The van der Waals surface area contributed by atoms with E-state index in [4.69, 9.17) is 11.6 Å². The molecule has 2 aliphatic heterocycles. The van der Waals surface area contributed by atoms with Crippen molar-refractivity contribution in [2.24, 2.45) is 0 Å². The zero-order valence-electron chi connectivity index (χ0n) is 11.4. The van der Waals surface area contributed by atoms with Gasteiger partial charge in [-0.2, -0.15) is 4.39 Å². The van der Waals surface area contributed by atoms with Gasteiger partial charge in [-0.05, 0) is 42.5 Å². The van der Waals surface area contributed by atoms with Crippen molar-refractivity contribution in [3.05, 3.63) is 47.3 Å². The van der Waals surface area contributed by atoms with E-state index in [1.54, 1.807) is 6.07 Å². The van der Waals surface area contributed by atoms with Gasteiger partial charge in [0.05, 0.1) is 0 Å². The molecule has 0 spiro atoms. The molecule has 2 aromatic heterocycles. The molecule has 0 amide bonds. The Morgan fingerprint density at radius 2 is 2.14 bits per heavy atom. The largest absolute Gasteiger partial charge is 0.311 e. The van der Waals surface area contributed by atoms with Crippen LogP contribution in [0.15, 0.2) is 30.6 Å². The standard InChI is InChI=1S/C16H15ClFN3/c17-16-13(9-3-4-19-15(18)6-9)5-10(8-20-16)12-7-11-1-2-14(12)21-11/h3-6,8,11-12,14,21H,1-2,7H2/t11-,12+,14+/m1/s1. The fraction of sp³-hybridized carbons (Fsp3) is 0.375. The molecule has 2 aliphatic rings. The number of fused-ring (bicyclic) bond motifs is 2. The summed E-state index contributed by atoms with van der Waals surface area (Å²) in [5.74, 6) is -0.0190. The van der Waals surface area contributed by atoms with Crippen molar-refractivity contribution in [3.63, 3.8) is 0 Å². The van der Waals surface area contributed by atoms with Gasteiger partial charge in [0.15, 0.2) is 0 Å². The average molecular weight is 304 g/mol. The maximum atomic E-state index is 13.3. The molecular formula is C16H15ClFN3. The van der Waals surface area contributed by atoms with Crippen LogP contribution in [0.5, 0.6) is 0 Å². The third kappa shape index (κ3) is 2.32. The molecule has 0 saturated carbocycles. The Morgan fingerprint density at radius 1 is 1.24 bits per heavy atom. The van der Waals surface area contributed by atoms with E-state index in [9.17, 15) is 4.39 Å². The lowest BCUT2D eigenvalue weighted by Gasteiger charge is -2.21. The van der Waals surface area contributed by atoms with Crippen molar-refractivity contribution in [2.75, 3.05) is 0 Å². The minimum atomic E-state index is -0.504. The van der Waals surface area contributed by atoms with E-state index < -0.39 is 5.95 Å². The highest BCUT2D eigenvalue weighted by Gasteiger charge is 2.39. The second kappa shape index (κ2) is 5.04. The van der Waals surface area contributed by atoms with Gasteiger partial charge < -0.3 is 5.32 Å². The highest BCUT2D eigenvalue weighted by molar-refractivity contribution is 6.32. The van der Waals surface area contributed by atoms with Gasteiger partial charge in [-0.15, -0.1) is 0 Å². The van der Waals surface area contributed by atoms with Crippen molar-refractivity contribution in [1.82, 2.24) is 15.3 Å². The van der Waals surface area contributed by atoms with Crippen molar-refractivity contribution >= 4 is 11.6 Å². The number of nitrogens with zero attached hydrogens (tertiary/aromatic N) is 2. The van der Waals surface area contributed by atoms with Gasteiger partial charge in [-0.3, -0.25) is 0 Å². The second-order valence-electron chi connectivity index (χ2n) is 5.86. The normalized spacial score (nSPS) is 27.2. The van der Waals surface area contributed by atoms with Gasteiger partial charge in [0, 0.05) is 42.0 Å². The molecule has 3 nitrogen and oxygen atoms in total. The maximum absolute atomic E-state index is 13.3. The van der Waals surface area contributed by atoms with Crippen LogP contribution in [0.1, 0.15) is 30.7 Å². The van der Waals surface area contributed by atoms with Gasteiger partial charge >= 0.3 is 0 Å². The van der Waals surface area contributed by atoms with Gasteiger partial charge in [0.1, 0.15) is 5.15 Å². The number of rotatable bonds is 2. The maximum Gasteiger partial charge on any atom is 0.213 e. The van der Waals surface area contributed by atoms with Crippen LogP contribution in [-0.2, 0) is 0 Å². The van der Waals surface area contributed by atoms with E-state index in [-0.39, 0.29) is 0 Å². The lowest BCUT2D eigenvalue weighted by molar-refractivity contribution is 0.505. The lowest BCUT2D eigenvalue weighted by atomic mass is 9.84. The van der Waals surface area contributed by atoms with Gasteiger partial charge in [0.2, 0.25) is 5.95 Å². The van der Waals surface area contributed by atoms with E-state index in [1.165, 1.54) is 30.7 Å². The molecule has 3 atom stereocenters. The molecule has 2 bridgehead atoms. The predicted octanol–water partition coefficient (Wildman–Crippen LogP) is 3.54. The summed E-state index contributed by atoms with van der Waals surface area (Å²) in [6.45, 7) is 0. The number of aromatic nitrogens is 2. The molecule has 2 saturated heterocycles. The summed E-state index contributed by atoms with van der Waals surface area (Å²) in [6.07, 6.45) is 6.95. The second-order valence-corrected chi connectivity index (χ2v) is 6.22. The zero-order valence-corrected chi connectivity index (χ0v) is 12.1. The summed E-state index contributed by atoms with van der Waals surface area (Å²) in [6, 6.07) is 6.38. The molecule has 4 rings (SSSR count). The third-order valence-electron chi connectivity index (χ3n) is 4.63. The fourth-order valence-corrected chi connectivity index (χ4v) is 3.84.